The van der Waals surface area contributed by atoms with E-state index >= 15 is 0 Å². The SMILES string of the molecule is Cn1ccnc1COc1ccc(C(=O)N2CCN(Cc3nc(-c4ccc(Cl)cc4)no3)CC2)cc1. The molecule has 1 aliphatic heterocycles. The van der Waals surface area contributed by atoms with Gasteiger partial charge < -0.3 is 18.7 Å². The first kappa shape index (κ1) is 23.1. The minimum Gasteiger partial charge on any atom is -0.486 e. The van der Waals surface area contributed by atoms with Gasteiger partial charge in [-0.2, -0.15) is 4.98 Å². The average Bonchev–Trinajstić information content (AvgIpc) is 3.52. The summed E-state index contributed by atoms with van der Waals surface area (Å²) in [5, 5.41) is 4.73. The van der Waals surface area contributed by atoms with E-state index in [0.717, 1.165) is 24.5 Å². The monoisotopic (exact) mass is 492 g/mol. The first-order valence-electron chi connectivity index (χ1n) is 11.3. The fraction of sp³-hybridized carbons (Fsp3) is 0.280. The predicted molar refractivity (Wildman–Crippen MR) is 130 cm³/mol. The largest absolute Gasteiger partial charge is 0.486 e. The van der Waals surface area contributed by atoms with Crippen LogP contribution in [0.3, 0.4) is 0 Å². The molecule has 0 N–H and O–H groups in total. The molecule has 0 spiro atoms. The van der Waals surface area contributed by atoms with Crippen molar-refractivity contribution in [2.45, 2.75) is 13.2 Å². The quantitative estimate of drug-likeness (QED) is 0.389. The van der Waals surface area contributed by atoms with E-state index < -0.39 is 0 Å². The fourth-order valence-electron chi connectivity index (χ4n) is 3.90. The lowest BCUT2D eigenvalue weighted by Crippen LogP contribution is -2.48. The van der Waals surface area contributed by atoms with E-state index in [4.69, 9.17) is 20.9 Å². The van der Waals surface area contributed by atoms with Gasteiger partial charge >= 0.3 is 0 Å². The van der Waals surface area contributed by atoms with Crippen molar-refractivity contribution in [3.63, 3.8) is 0 Å². The van der Waals surface area contributed by atoms with Crippen LogP contribution < -0.4 is 4.74 Å². The Hall–Kier alpha value is -3.69. The smallest absolute Gasteiger partial charge is 0.253 e. The number of carbonyl (C=O) groups excluding carboxylic acids is 1. The second-order valence-corrected chi connectivity index (χ2v) is 8.79. The minimum atomic E-state index is 0.0168. The second-order valence-electron chi connectivity index (χ2n) is 8.35. The van der Waals surface area contributed by atoms with Crippen LogP contribution in [-0.4, -0.2) is 61.6 Å². The summed E-state index contributed by atoms with van der Waals surface area (Å²) in [5.41, 5.74) is 1.50. The highest BCUT2D eigenvalue weighted by Gasteiger charge is 2.23. The summed E-state index contributed by atoms with van der Waals surface area (Å²) in [4.78, 5) is 25.8. The molecule has 1 aliphatic rings. The molecule has 180 valence electrons. The molecule has 0 atom stereocenters. The summed E-state index contributed by atoms with van der Waals surface area (Å²) in [7, 11) is 1.92. The lowest BCUT2D eigenvalue weighted by Gasteiger charge is -2.34. The maximum absolute atomic E-state index is 13.0. The van der Waals surface area contributed by atoms with Gasteiger partial charge in [0.25, 0.3) is 5.91 Å². The molecule has 1 amide bonds. The summed E-state index contributed by atoms with van der Waals surface area (Å²) in [5.74, 6) is 2.65. The summed E-state index contributed by atoms with van der Waals surface area (Å²) in [6.45, 7) is 3.65. The van der Waals surface area contributed by atoms with Gasteiger partial charge in [-0.25, -0.2) is 4.98 Å². The van der Waals surface area contributed by atoms with E-state index in [1.807, 2.05) is 47.0 Å². The zero-order valence-corrected chi connectivity index (χ0v) is 20.1. The number of ether oxygens (including phenoxy) is 1. The van der Waals surface area contributed by atoms with Gasteiger partial charge in [0, 0.05) is 61.8 Å². The number of piperazine rings is 1. The Labute approximate surface area is 207 Å². The van der Waals surface area contributed by atoms with Crippen LogP contribution in [0.2, 0.25) is 5.02 Å². The number of halogens is 1. The molecule has 2 aromatic carbocycles. The number of carbonyl (C=O) groups is 1. The molecule has 35 heavy (non-hydrogen) atoms. The Balaban J connectivity index is 1.11. The van der Waals surface area contributed by atoms with Gasteiger partial charge in [-0.05, 0) is 48.5 Å². The van der Waals surface area contributed by atoms with E-state index in [9.17, 15) is 4.79 Å². The number of imidazole rings is 1. The maximum Gasteiger partial charge on any atom is 0.253 e. The molecule has 0 radical (unpaired) electrons. The molecule has 9 nitrogen and oxygen atoms in total. The Morgan fingerprint density at radius 3 is 2.49 bits per heavy atom. The maximum atomic E-state index is 13.0. The number of aryl methyl sites for hydroxylation is 1. The van der Waals surface area contributed by atoms with Gasteiger partial charge in [0.1, 0.15) is 18.2 Å². The summed E-state index contributed by atoms with van der Waals surface area (Å²) >= 11 is 5.94. The van der Waals surface area contributed by atoms with Crippen LogP contribution >= 0.6 is 11.6 Å². The predicted octanol–water partition coefficient (Wildman–Crippen LogP) is 3.66. The van der Waals surface area contributed by atoms with E-state index in [0.29, 0.717) is 54.3 Å². The van der Waals surface area contributed by atoms with Crippen molar-refractivity contribution >= 4 is 17.5 Å². The van der Waals surface area contributed by atoms with Crippen molar-refractivity contribution in [2.75, 3.05) is 26.2 Å². The van der Waals surface area contributed by atoms with Crippen LogP contribution in [0.25, 0.3) is 11.4 Å². The molecule has 0 unspecified atom stereocenters. The molecule has 10 heteroatoms. The fourth-order valence-corrected chi connectivity index (χ4v) is 4.02. The number of benzene rings is 2. The Morgan fingerprint density at radius 1 is 1.06 bits per heavy atom. The normalized spacial score (nSPS) is 14.3. The van der Waals surface area contributed by atoms with Crippen LogP contribution in [0.5, 0.6) is 5.75 Å². The van der Waals surface area contributed by atoms with Crippen molar-refractivity contribution < 1.29 is 14.1 Å². The summed E-state index contributed by atoms with van der Waals surface area (Å²) in [6.07, 6.45) is 3.61. The molecule has 0 bridgehead atoms. The first-order chi connectivity index (χ1) is 17.0. The zero-order valence-electron chi connectivity index (χ0n) is 19.3. The molecule has 0 aliphatic carbocycles. The number of amides is 1. The van der Waals surface area contributed by atoms with E-state index in [1.165, 1.54) is 0 Å². The van der Waals surface area contributed by atoms with E-state index in [-0.39, 0.29) is 5.91 Å². The van der Waals surface area contributed by atoms with Gasteiger partial charge in [0.05, 0.1) is 6.54 Å². The summed E-state index contributed by atoms with van der Waals surface area (Å²) < 4.78 is 13.1. The molecular formula is C25H25ClN6O3. The number of aromatic nitrogens is 4. The number of hydrogen-bond donors (Lipinski definition) is 0. The molecule has 2 aromatic heterocycles. The Morgan fingerprint density at radius 2 is 1.80 bits per heavy atom. The van der Waals surface area contributed by atoms with E-state index in [2.05, 4.69) is 20.0 Å². The van der Waals surface area contributed by atoms with Crippen molar-refractivity contribution in [1.82, 2.24) is 29.5 Å². The van der Waals surface area contributed by atoms with Crippen molar-refractivity contribution in [2.24, 2.45) is 7.05 Å². The first-order valence-corrected chi connectivity index (χ1v) is 11.7. The topological polar surface area (TPSA) is 89.5 Å². The molecule has 4 aromatic rings. The molecule has 1 saturated heterocycles. The number of rotatable bonds is 7. The van der Waals surface area contributed by atoms with Crippen LogP contribution in [0.15, 0.2) is 65.4 Å². The van der Waals surface area contributed by atoms with Gasteiger partial charge in [0.15, 0.2) is 0 Å². The molecule has 3 heterocycles. The minimum absolute atomic E-state index is 0.0168. The Kier molecular flexibility index (Phi) is 6.78. The van der Waals surface area contributed by atoms with Crippen LogP contribution in [-0.2, 0) is 20.2 Å². The van der Waals surface area contributed by atoms with E-state index in [1.54, 1.807) is 30.5 Å². The number of hydrogen-bond acceptors (Lipinski definition) is 7. The van der Waals surface area contributed by atoms with Crippen LogP contribution in [0.1, 0.15) is 22.1 Å². The molecule has 0 saturated carbocycles. The van der Waals surface area contributed by atoms with Gasteiger partial charge in [-0.15, -0.1) is 0 Å². The lowest BCUT2D eigenvalue weighted by atomic mass is 10.1. The van der Waals surface area contributed by atoms with Crippen LogP contribution in [0, 0.1) is 0 Å². The Bertz CT molecular complexity index is 1280. The molecule has 1 fully saturated rings. The van der Waals surface area contributed by atoms with Gasteiger partial charge in [-0.3, -0.25) is 9.69 Å². The third kappa shape index (κ3) is 5.52. The van der Waals surface area contributed by atoms with Crippen molar-refractivity contribution in [3.8, 4) is 17.1 Å². The highest BCUT2D eigenvalue weighted by atomic mass is 35.5. The van der Waals surface area contributed by atoms with Crippen molar-refractivity contribution in [1.29, 1.82) is 0 Å². The van der Waals surface area contributed by atoms with Crippen LogP contribution in [0.4, 0.5) is 0 Å². The second kappa shape index (κ2) is 10.3. The third-order valence-electron chi connectivity index (χ3n) is 5.98. The van der Waals surface area contributed by atoms with Gasteiger partial charge in [-0.1, -0.05) is 16.8 Å². The highest BCUT2D eigenvalue weighted by Crippen LogP contribution is 2.20. The number of nitrogens with zero attached hydrogens (tertiary/aromatic N) is 6. The molecular weight excluding hydrogens is 468 g/mol. The molecule has 5 rings (SSSR count). The average molecular weight is 493 g/mol. The summed E-state index contributed by atoms with van der Waals surface area (Å²) in [6, 6.07) is 14.6. The highest BCUT2D eigenvalue weighted by molar-refractivity contribution is 6.30. The zero-order chi connectivity index (χ0) is 24.2. The van der Waals surface area contributed by atoms with Crippen molar-refractivity contribution in [3.05, 3.63) is 83.2 Å². The lowest BCUT2D eigenvalue weighted by molar-refractivity contribution is 0.0615. The van der Waals surface area contributed by atoms with Gasteiger partial charge in [0.2, 0.25) is 11.7 Å². The standard InChI is InChI=1S/C25H25ClN6O3/c1-30-11-10-27-22(30)17-34-21-8-4-19(5-9-21)25(33)32-14-12-31(13-15-32)16-23-28-24(29-35-23)18-2-6-20(26)7-3-18/h2-11H,12-17H2,1H3. The third-order valence-corrected chi connectivity index (χ3v) is 6.23.